The summed E-state index contributed by atoms with van der Waals surface area (Å²) in [5.41, 5.74) is 0.615. The Labute approximate surface area is 106 Å². The molecular weight excluding hydrogens is 240 g/mol. The van der Waals surface area contributed by atoms with Crippen molar-refractivity contribution in [2.75, 3.05) is 19.1 Å². The van der Waals surface area contributed by atoms with E-state index in [4.69, 9.17) is 21.1 Å². The molecule has 1 aromatic carbocycles. The molecule has 2 rings (SSSR count). The number of rotatable bonds is 5. The maximum Gasteiger partial charge on any atom is 0.177 e. The van der Waals surface area contributed by atoms with Crippen molar-refractivity contribution in [2.24, 2.45) is 0 Å². The molecule has 3 nitrogen and oxygen atoms in total. The molecule has 92 valence electrons. The number of hydrogen-bond donors (Lipinski definition) is 0. The van der Waals surface area contributed by atoms with Crippen LogP contribution in [0.1, 0.15) is 23.2 Å². The van der Waals surface area contributed by atoms with E-state index in [1.165, 1.54) is 0 Å². The Morgan fingerprint density at radius 1 is 1.41 bits per heavy atom. The first-order chi connectivity index (χ1) is 8.29. The zero-order valence-electron chi connectivity index (χ0n) is 9.52. The van der Waals surface area contributed by atoms with E-state index in [0.29, 0.717) is 12.2 Å². The number of benzene rings is 1. The maximum absolute atomic E-state index is 11.3. The third-order valence-electron chi connectivity index (χ3n) is 2.76. The summed E-state index contributed by atoms with van der Waals surface area (Å²) in [7, 11) is 0. The molecule has 1 aromatic rings. The molecule has 1 fully saturated rings. The van der Waals surface area contributed by atoms with Crippen molar-refractivity contribution >= 4 is 17.4 Å². The molecule has 1 aliphatic rings. The van der Waals surface area contributed by atoms with Gasteiger partial charge in [0.05, 0.1) is 12.0 Å². The van der Waals surface area contributed by atoms with Gasteiger partial charge in [0.1, 0.15) is 12.4 Å². The average molecular weight is 255 g/mol. The minimum Gasteiger partial charge on any atom is -0.491 e. The molecule has 0 N–H and O–H groups in total. The second-order valence-corrected chi connectivity index (χ2v) is 4.29. The highest BCUT2D eigenvalue weighted by Crippen LogP contribution is 2.16. The minimum atomic E-state index is -0.0719. The molecule has 4 heteroatoms. The second-order valence-electron chi connectivity index (χ2n) is 4.03. The Morgan fingerprint density at radius 3 is 2.76 bits per heavy atom. The van der Waals surface area contributed by atoms with Crippen LogP contribution in [0.2, 0.25) is 0 Å². The first kappa shape index (κ1) is 12.4. The Kier molecular flexibility index (Phi) is 4.40. The van der Waals surface area contributed by atoms with Gasteiger partial charge in [-0.25, -0.2) is 0 Å². The van der Waals surface area contributed by atoms with Gasteiger partial charge in [0, 0.05) is 12.2 Å². The topological polar surface area (TPSA) is 35.5 Å². The standard InChI is InChI=1S/C13H15ClO3/c14-8-13(15)10-3-5-11(6-4-10)17-9-12-2-1-7-16-12/h3-6,12H,1-2,7-9H2. The predicted octanol–water partition coefficient (Wildman–Crippen LogP) is 2.67. The Balaban J connectivity index is 1.87. The number of halogens is 1. The lowest BCUT2D eigenvalue weighted by Gasteiger charge is -2.11. The van der Waals surface area contributed by atoms with Crippen molar-refractivity contribution in [2.45, 2.75) is 18.9 Å². The number of Topliss-reactive ketones (excluding diaryl/α,β-unsaturated/α-hetero) is 1. The van der Waals surface area contributed by atoms with E-state index < -0.39 is 0 Å². The second kappa shape index (κ2) is 6.03. The summed E-state index contributed by atoms with van der Waals surface area (Å²) in [6.07, 6.45) is 2.37. The molecule has 1 heterocycles. The largest absolute Gasteiger partial charge is 0.491 e. The van der Waals surface area contributed by atoms with Crippen LogP contribution in [0.5, 0.6) is 5.75 Å². The van der Waals surface area contributed by atoms with Gasteiger partial charge in [0.2, 0.25) is 0 Å². The van der Waals surface area contributed by atoms with E-state index in [0.717, 1.165) is 25.2 Å². The molecular formula is C13H15ClO3. The summed E-state index contributed by atoms with van der Waals surface area (Å²) in [6.45, 7) is 1.40. The van der Waals surface area contributed by atoms with Crippen LogP contribution < -0.4 is 4.74 Å². The van der Waals surface area contributed by atoms with Crippen molar-refractivity contribution in [1.82, 2.24) is 0 Å². The SMILES string of the molecule is O=C(CCl)c1ccc(OCC2CCCO2)cc1. The van der Waals surface area contributed by atoms with Crippen LogP contribution in [0.4, 0.5) is 0 Å². The van der Waals surface area contributed by atoms with Gasteiger partial charge in [0.15, 0.2) is 5.78 Å². The molecule has 0 saturated carbocycles. The first-order valence-electron chi connectivity index (χ1n) is 5.73. The molecule has 0 radical (unpaired) electrons. The summed E-state index contributed by atoms with van der Waals surface area (Å²) in [4.78, 5) is 11.3. The summed E-state index contributed by atoms with van der Waals surface area (Å²) in [5.74, 6) is 0.694. The van der Waals surface area contributed by atoms with Gasteiger partial charge in [-0.1, -0.05) is 0 Å². The summed E-state index contributed by atoms with van der Waals surface area (Å²) in [6, 6.07) is 7.04. The molecule has 1 aliphatic heterocycles. The van der Waals surface area contributed by atoms with Crippen molar-refractivity contribution in [3.63, 3.8) is 0 Å². The number of carbonyl (C=O) groups is 1. The number of hydrogen-bond acceptors (Lipinski definition) is 3. The number of carbonyl (C=O) groups excluding carboxylic acids is 1. The van der Waals surface area contributed by atoms with Crippen LogP contribution in [0, 0.1) is 0 Å². The van der Waals surface area contributed by atoms with Crippen molar-refractivity contribution in [3.8, 4) is 5.75 Å². The monoisotopic (exact) mass is 254 g/mol. The maximum atomic E-state index is 11.3. The van der Waals surface area contributed by atoms with Crippen LogP contribution in [0.25, 0.3) is 0 Å². The third kappa shape index (κ3) is 3.45. The number of ketones is 1. The van der Waals surface area contributed by atoms with E-state index in [2.05, 4.69) is 0 Å². The molecule has 0 aliphatic carbocycles. The molecule has 17 heavy (non-hydrogen) atoms. The lowest BCUT2D eigenvalue weighted by Crippen LogP contribution is -2.16. The molecule has 0 bridgehead atoms. The van der Waals surface area contributed by atoms with Gasteiger partial charge in [-0.2, -0.15) is 0 Å². The van der Waals surface area contributed by atoms with Crippen molar-refractivity contribution < 1.29 is 14.3 Å². The van der Waals surface area contributed by atoms with E-state index in [1.54, 1.807) is 24.3 Å². The molecule has 1 unspecified atom stereocenters. The molecule has 0 aromatic heterocycles. The Morgan fingerprint density at radius 2 is 2.18 bits per heavy atom. The summed E-state index contributed by atoms with van der Waals surface area (Å²) >= 11 is 5.48. The van der Waals surface area contributed by atoms with Gasteiger partial charge >= 0.3 is 0 Å². The highest BCUT2D eigenvalue weighted by Gasteiger charge is 2.15. The number of alkyl halides is 1. The van der Waals surface area contributed by atoms with Gasteiger partial charge < -0.3 is 9.47 Å². The van der Waals surface area contributed by atoms with Gasteiger partial charge in [-0.3, -0.25) is 4.79 Å². The Bertz CT molecular complexity index is 369. The fourth-order valence-electron chi connectivity index (χ4n) is 1.78. The molecule has 1 saturated heterocycles. The smallest absolute Gasteiger partial charge is 0.177 e. The lowest BCUT2D eigenvalue weighted by atomic mass is 10.1. The van der Waals surface area contributed by atoms with Gasteiger partial charge in [-0.15, -0.1) is 11.6 Å². The zero-order chi connectivity index (χ0) is 12.1. The molecule has 0 spiro atoms. The first-order valence-corrected chi connectivity index (χ1v) is 6.26. The van der Waals surface area contributed by atoms with E-state index in [9.17, 15) is 4.79 Å². The summed E-state index contributed by atoms with van der Waals surface area (Å²) in [5, 5.41) is 0. The van der Waals surface area contributed by atoms with Crippen LogP contribution in [-0.4, -0.2) is 31.0 Å². The van der Waals surface area contributed by atoms with Crippen LogP contribution in [0.3, 0.4) is 0 Å². The van der Waals surface area contributed by atoms with Gasteiger partial charge in [0.25, 0.3) is 0 Å². The van der Waals surface area contributed by atoms with Gasteiger partial charge in [-0.05, 0) is 37.1 Å². The lowest BCUT2D eigenvalue weighted by molar-refractivity contribution is 0.0679. The zero-order valence-corrected chi connectivity index (χ0v) is 10.3. The molecule has 1 atom stereocenters. The van der Waals surface area contributed by atoms with E-state index in [-0.39, 0.29) is 17.8 Å². The third-order valence-corrected chi connectivity index (χ3v) is 3.00. The van der Waals surface area contributed by atoms with Crippen molar-refractivity contribution in [1.29, 1.82) is 0 Å². The Hall–Kier alpha value is -1.06. The highest BCUT2D eigenvalue weighted by atomic mass is 35.5. The fraction of sp³-hybridized carbons (Fsp3) is 0.462. The highest BCUT2D eigenvalue weighted by molar-refractivity contribution is 6.30. The van der Waals surface area contributed by atoms with E-state index in [1.807, 2.05) is 0 Å². The van der Waals surface area contributed by atoms with Crippen LogP contribution >= 0.6 is 11.6 Å². The normalized spacial score (nSPS) is 19.2. The summed E-state index contributed by atoms with van der Waals surface area (Å²) < 4.78 is 11.0. The predicted molar refractivity (Wildman–Crippen MR) is 66.0 cm³/mol. The van der Waals surface area contributed by atoms with Crippen LogP contribution in [0.15, 0.2) is 24.3 Å². The van der Waals surface area contributed by atoms with Crippen LogP contribution in [-0.2, 0) is 4.74 Å². The quantitative estimate of drug-likeness (QED) is 0.599. The van der Waals surface area contributed by atoms with Crippen molar-refractivity contribution in [3.05, 3.63) is 29.8 Å². The fourth-order valence-corrected chi connectivity index (χ4v) is 1.93. The average Bonchev–Trinajstić information content (AvgIpc) is 2.89. The number of ether oxygens (including phenoxy) is 2. The minimum absolute atomic E-state index is 0.0100. The van der Waals surface area contributed by atoms with E-state index >= 15 is 0 Å². The molecule has 0 amide bonds.